The van der Waals surface area contributed by atoms with Crippen molar-refractivity contribution in [3.8, 4) is 11.3 Å². The summed E-state index contributed by atoms with van der Waals surface area (Å²) in [5.74, 6) is 0.722. The number of H-pyrrole nitrogens is 1. The second-order valence-electron chi connectivity index (χ2n) is 4.97. The van der Waals surface area contributed by atoms with Gasteiger partial charge in [-0.05, 0) is 25.1 Å². The van der Waals surface area contributed by atoms with Crippen LogP contribution in [0.25, 0.3) is 11.3 Å². The van der Waals surface area contributed by atoms with Gasteiger partial charge in [-0.2, -0.15) is 0 Å². The second-order valence-corrected chi connectivity index (χ2v) is 4.97. The van der Waals surface area contributed by atoms with Crippen molar-refractivity contribution in [1.29, 1.82) is 0 Å². The van der Waals surface area contributed by atoms with Gasteiger partial charge in [0.05, 0.1) is 11.9 Å². The monoisotopic (exact) mass is 261 g/mol. The lowest BCUT2D eigenvalue weighted by molar-refractivity contribution is 0.567. The molecule has 19 heavy (non-hydrogen) atoms. The lowest BCUT2D eigenvalue weighted by atomic mass is 10.2. The van der Waals surface area contributed by atoms with Gasteiger partial charge >= 0.3 is 0 Å². The molecule has 0 radical (unpaired) electrons. The molecule has 0 atom stereocenters. The van der Waals surface area contributed by atoms with Crippen LogP contribution in [0.15, 0.2) is 30.5 Å². The first-order valence-electron chi connectivity index (χ1n) is 6.68. The normalized spacial score (nSPS) is 11.2. The second kappa shape index (κ2) is 6.48. The molecule has 0 aliphatic heterocycles. The number of aromatic amines is 1. The van der Waals surface area contributed by atoms with Gasteiger partial charge in [-0.1, -0.05) is 26.0 Å². The number of aromatic nitrogens is 2. The molecule has 0 spiro atoms. The minimum absolute atomic E-state index is 0.227. The van der Waals surface area contributed by atoms with E-state index in [-0.39, 0.29) is 5.82 Å². The summed E-state index contributed by atoms with van der Waals surface area (Å²) in [5, 5.41) is 3.37. The first kappa shape index (κ1) is 13.7. The first-order valence-corrected chi connectivity index (χ1v) is 6.68. The van der Waals surface area contributed by atoms with Gasteiger partial charge in [0.15, 0.2) is 0 Å². The minimum atomic E-state index is -0.227. The molecule has 0 aliphatic rings. The van der Waals surface area contributed by atoms with Crippen LogP contribution in [-0.4, -0.2) is 22.6 Å². The molecule has 0 saturated heterocycles. The molecule has 3 nitrogen and oxygen atoms in total. The van der Waals surface area contributed by atoms with Crippen molar-refractivity contribution in [2.75, 3.05) is 6.54 Å². The van der Waals surface area contributed by atoms with Crippen molar-refractivity contribution < 1.29 is 4.39 Å². The Morgan fingerprint density at radius 3 is 2.95 bits per heavy atom. The molecule has 0 amide bonds. The molecule has 0 fully saturated rings. The van der Waals surface area contributed by atoms with E-state index in [2.05, 4.69) is 29.1 Å². The molecular formula is C15H20FN3. The number of hydrogen-bond acceptors (Lipinski definition) is 2. The number of imidazole rings is 1. The van der Waals surface area contributed by atoms with Crippen LogP contribution in [0.4, 0.5) is 4.39 Å². The Balaban J connectivity index is 1.92. The van der Waals surface area contributed by atoms with Gasteiger partial charge in [0.25, 0.3) is 0 Å². The Morgan fingerprint density at radius 2 is 2.21 bits per heavy atom. The predicted molar refractivity (Wildman–Crippen MR) is 75.4 cm³/mol. The summed E-state index contributed by atoms with van der Waals surface area (Å²) < 4.78 is 13.1. The Labute approximate surface area is 113 Å². The van der Waals surface area contributed by atoms with Crippen molar-refractivity contribution in [2.45, 2.75) is 32.7 Å². The lowest BCUT2D eigenvalue weighted by Gasteiger charge is -2.06. The highest BCUT2D eigenvalue weighted by Crippen LogP contribution is 2.18. The van der Waals surface area contributed by atoms with Gasteiger partial charge in [-0.3, -0.25) is 0 Å². The zero-order valence-corrected chi connectivity index (χ0v) is 11.4. The maximum Gasteiger partial charge on any atom is 0.123 e. The molecule has 1 aromatic heterocycles. The number of rotatable bonds is 6. The Kier molecular flexibility index (Phi) is 4.68. The van der Waals surface area contributed by atoms with Crippen LogP contribution in [0.3, 0.4) is 0 Å². The number of hydrogen-bond donors (Lipinski definition) is 2. The summed E-state index contributed by atoms with van der Waals surface area (Å²) >= 11 is 0. The van der Waals surface area contributed by atoms with Crippen molar-refractivity contribution in [2.24, 2.45) is 0 Å². The van der Waals surface area contributed by atoms with Gasteiger partial charge in [0.2, 0.25) is 0 Å². The van der Waals surface area contributed by atoms with Gasteiger partial charge in [0.1, 0.15) is 11.6 Å². The lowest BCUT2D eigenvalue weighted by Crippen LogP contribution is -2.24. The molecule has 0 saturated carbocycles. The zero-order chi connectivity index (χ0) is 13.7. The third-order valence-corrected chi connectivity index (χ3v) is 2.91. The van der Waals surface area contributed by atoms with E-state index in [1.165, 1.54) is 12.1 Å². The van der Waals surface area contributed by atoms with Crippen LogP contribution in [0.1, 0.15) is 26.1 Å². The molecule has 0 aliphatic carbocycles. The smallest absolute Gasteiger partial charge is 0.123 e. The molecule has 2 N–H and O–H groups in total. The number of nitrogens with one attached hydrogen (secondary N) is 2. The van der Waals surface area contributed by atoms with Crippen molar-refractivity contribution in [3.05, 3.63) is 42.1 Å². The molecule has 2 rings (SSSR count). The molecule has 4 heteroatoms. The Bertz CT molecular complexity index is 520. The highest BCUT2D eigenvalue weighted by atomic mass is 19.1. The van der Waals surface area contributed by atoms with E-state index in [9.17, 15) is 4.39 Å². The van der Waals surface area contributed by atoms with E-state index < -0.39 is 0 Å². The fourth-order valence-electron chi connectivity index (χ4n) is 1.94. The molecule has 0 unspecified atom stereocenters. The van der Waals surface area contributed by atoms with Gasteiger partial charge in [0, 0.05) is 18.0 Å². The van der Waals surface area contributed by atoms with Crippen LogP contribution < -0.4 is 5.32 Å². The Morgan fingerprint density at radius 1 is 1.37 bits per heavy atom. The largest absolute Gasteiger partial charge is 0.342 e. The highest BCUT2D eigenvalue weighted by Gasteiger charge is 2.04. The molecular weight excluding hydrogens is 241 g/mol. The summed E-state index contributed by atoms with van der Waals surface area (Å²) in [5.41, 5.74) is 1.70. The quantitative estimate of drug-likeness (QED) is 0.784. The Hall–Kier alpha value is -1.68. The SMILES string of the molecule is CC(C)NCCCc1ncc(-c2cccc(F)c2)[nH]1. The van der Waals surface area contributed by atoms with Crippen molar-refractivity contribution in [3.63, 3.8) is 0 Å². The summed E-state index contributed by atoms with van der Waals surface area (Å²) in [4.78, 5) is 7.57. The van der Waals surface area contributed by atoms with Gasteiger partial charge in [-0.15, -0.1) is 0 Å². The summed E-state index contributed by atoms with van der Waals surface area (Å²) in [6.45, 7) is 5.25. The van der Waals surface area contributed by atoms with E-state index in [0.29, 0.717) is 6.04 Å². The van der Waals surface area contributed by atoms with E-state index in [1.807, 2.05) is 6.07 Å². The summed E-state index contributed by atoms with van der Waals surface area (Å²) in [7, 11) is 0. The maximum absolute atomic E-state index is 13.1. The number of benzene rings is 1. The van der Waals surface area contributed by atoms with Crippen LogP contribution in [-0.2, 0) is 6.42 Å². The fraction of sp³-hybridized carbons (Fsp3) is 0.400. The average Bonchev–Trinajstić information content (AvgIpc) is 2.83. The van der Waals surface area contributed by atoms with E-state index in [0.717, 1.165) is 36.5 Å². The van der Waals surface area contributed by atoms with Crippen LogP contribution in [0, 0.1) is 5.82 Å². The molecule has 2 aromatic rings. The summed E-state index contributed by atoms with van der Waals surface area (Å²) in [6.07, 6.45) is 3.70. The minimum Gasteiger partial charge on any atom is -0.342 e. The molecule has 102 valence electrons. The van der Waals surface area contributed by atoms with Gasteiger partial charge < -0.3 is 10.3 Å². The van der Waals surface area contributed by atoms with E-state index in [1.54, 1.807) is 12.3 Å². The van der Waals surface area contributed by atoms with E-state index >= 15 is 0 Å². The van der Waals surface area contributed by atoms with Crippen LogP contribution in [0.5, 0.6) is 0 Å². The standard InChI is InChI=1S/C15H20FN3/c1-11(2)17-8-4-7-15-18-10-14(19-15)12-5-3-6-13(16)9-12/h3,5-6,9-11,17H,4,7-8H2,1-2H3,(H,18,19). The number of halogens is 1. The maximum atomic E-state index is 13.1. The first-order chi connectivity index (χ1) is 9.15. The molecule has 0 bridgehead atoms. The predicted octanol–water partition coefficient (Wildman–Crippen LogP) is 3.15. The van der Waals surface area contributed by atoms with Crippen LogP contribution in [0.2, 0.25) is 0 Å². The summed E-state index contributed by atoms with van der Waals surface area (Å²) in [6, 6.07) is 7.05. The van der Waals surface area contributed by atoms with Crippen molar-refractivity contribution in [1.82, 2.24) is 15.3 Å². The van der Waals surface area contributed by atoms with Gasteiger partial charge in [-0.25, -0.2) is 9.37 Å². The third kappa shape index (κ3) is 4.17. The highest BCUT2D eigenvalue weighted by molar-refractivity contribution is 5.58. The number of nitrogens with zero attached hydrogens (tertiary/aromatic N) is 1. The van der Waals surface area contributed by atoms with E-state index in [4.69, 9.17) is 0 Å². The number of aryl methyl sites for hydroxylation is 1. The third-order valence-electron chi connectivity index (χ3n) is 2.91. The van der Waals surface area contributed by atoms with Crippen LogP contribution >= 0.6 is 0 Å². The average molecular weight is 261 g/mol. The molecule has 1 heterocycles. The van der Waals surface area contributed by atoms with Crippen molar-refractivity contribution >= 4 is 0 Å². The topological polar surface area (TPSA) is 40.7 Å². The molecule has 1 aromatic carbocycles. The zero-order valence-electron chi connectivity index (χ0n) is 11.4. The fourth-order valence-corrected chi connectivity index (χ4v) is 1.94.